The molecule has 2 aromatic heterocycles. The molecule has 4 N–H and O–H groups in total. The van der Waals surface area contributed by atoms with Gasteiger partial charge in [-0.2, -0.15) is 10.4 Å². The largest absolute Gasteiger partial charge is 0.463 e. The van der Waals surface area contributed by atoms with E-state index in [2.05, 4.69) is 10.1 Å². The van der Waals surface area contributed by atoms with Crippen molar-refractivity contribution >= 4 is 17.3 Å². The van der Waals surface area contributed by atoms with Crippen LogP contribution in [0.15, 0.2) is 18.4 Å². The molecule has 3 heterocycles. The minimum Gasteiger partial charge on any atom is -0.463 e. The standard InChI is InChI=1S/C16H19N5O5/c1-8(2)15(24)25-5-10-12(22)13(23)16(6-17,26-10)11-4-3-9-14(18)19-7-20-21(9)11/h3-4,7-8,10,12-13,22-23H,5H2,1-2H3,(H2,18,19,20)/t10-,12-,13-,16+/m1/s1/i3D. The second kappa shape index (κ2) is 6.53. The quantitative estimate of drug-likeness (QED) is 0.601. The Balaban J connectivity index is 2.00. The van der Waals surface area contributed by atoms with Gasteiger partial charge < -0.3 is 25.4 Å². The van der Waals surface area contributed by atoms with Crippen molar-refractivity contribution in [3.8, 4) is 6.07 Å². The third-order valence-corrected chi connectivity index (χ3v) is 4.26. The zero-order valence-electron chi connectivity index (χ0n) is 15.2. The molecule has 1 fully saturated rings. The van der Waals surface area contributed by atoms with Crippen molar-refractivity contribution in [2.45, 2.75) is 37.8 Å². The van der Waals surface area contributed by atoms with E-state index in [1.54, 1.807) is 13.8 Å². The van der Waals surface area contributed by atoms with Gasteiger partial charge in [0, 0.05) is 0 Å². The minimum absolute atomic E-state index is 0.0170. The number of aliphatic hydroxyl groups is 2. The Hall–Kier alpha value is -2.74. The lowest BCUT2D eigenvalue weighted by molar-refractivity contribution is -0.154. The Kier molecular flexibility index (Phi) is 4.20. The van der Waals surface area contributed by atoms with Crippen LogP contribution in [0.1, 0.15) is 20.9 Å². The van der Waals surface area contributed by atoms with Gasteiger partial charge in [0.2, 0.25) is 5.60 Å². The van der Waals surface area contributed by atoms with Gasteiger partial charge in [-0.1, -0.05) is 13.8 Å². The summed E-state index contributed by atoms with van der Waals surface area (Å²) in [4.78, 5) is 15.5. The lowest BCUT2D eigenvalue weighted by Crippen LogP contribution is -2.41. The fourth-order valence-electron chi connectivity index (χ4n) is 2.79. The average molecular weight is 362 g/mol. The number of nitriles is 1. The van der Waals surface area contributed by atoms with Crippen LogP contribution in [0, 0.1) is 17.2 Å². The highest BCUT2D eigenvalue weighted by Gasteiger charge is 2.57. The molecule has 10 nitrogen and oxygen atoms in total. The number of hydrogen-bond donors (Lipinski definition) is 3. The first-order valence-corrected chi connectivity index (χ1v) is 7.94. The highest BCUT2D eigenvalue weighted by molar-refractivity contribution is 5.71. The Morgan fingerprint density at radius 2 is 2.38 bits per heavy atom. The van der Waals surface area contributed by atoms with Gasteiger partial charge >= 0.3 is 5.97 Å². The smallest absolute Gasteiger partial charge is 0.308 e. The third-order valence-electron chi connectivity index (χ3n) is 4.26. The summed E-state index contributed by atoms with van der Waals surface area (Å²) < 4.78 is 19.9. The van der Waals surface area contributed by atoms with Gasteiger partial charge in [0.15, 0.2) is 5.82 Å². The van der Waals surface area contributed by atoms with E-state index < -0.39 is 29.9 Å². The summed E-state index contributed by atoms with van der Waals surface area (Å²) in [5.74, 6) is -0.865. The van der Waals surface area contributed by atoms with Gasteiger partial charge in [-0.15, -0.1) is 0 Å². The normalized spacial score (nSPS) is 28.9. The molecule has 10 heteroatoms. The van der Waals surface area contributed by atoms with Crippen LogP contribution in [0.4, 0.5) is 5.82 Å². The number of rotatable bonds is 4. The molecule has 1 aliphatic rings. The number of aromatic nitrogens is 3. The number of carbonyl (C=O) groups excluding carboxylic acids is 1. The fourth-order valence-corrected chi connectivity index (χ4v) is 2.79. The number of nitrogens with two attached hydrogens (primary N) is 1. The highest BCUT2D eigenvalue weighted by Crippen LogP contribution is 2.40. The molecule has 1 aliphatic heterocycles. The summed E-state index contributed by atoms with van der Waals surface area (Å²) in [5.41, 5.74) is 3.89. The maximum atomic E-state index is 11.7. The van der Waals surface area contributed by atoms with Crippen molar-refractivity contribution in [1.29, 1.82) is 5.26 Å². The van der Waals surface area contributed by atoms with E-state index in [9.17, 15) is 20.3 Å². The number of nitrogen functional groups attached to an aromatic ring is 1. The molecular weight excluding hydrogens is 342 g/mol. The minimum atomic E-state index is -2.03. The molecule has 0 amide bonds. The van der Waals surface area contributed by atoms with E-state index >= 15 is 0 Å². The van der Waals surface area contributed by atoms with Crippen molar-refractivity contribution in [1.82, 2.24) is 14.6 Å². The van der Waals surface area contributed by atoms with Gasteiger partial charge in [0.25, 0.3) is 0 Å². The highest BCUT2D eigenvalue weighted by atomic mass is 16.6. The Labute approximate surface area is 150 Å². The molecule has 3 rings (SSSR count). The van der Waals surface area contributed by atoms with Crippen LogP contribution in [0.2, 0.25) is 0 Å². The van der Waals surface area contributed by atoms with Crippen LogP contribution in [-0.2, 0) is 19.9 Å². The van der Waals surface area contributed by atoms with E-state index in [-0.39, 0.29) is 35.6 Å². The summed E-state index contributed by atoms with van der Waals surface area (Å²) in [6, 6.07) is 3.06. The molecule has 0 spiro atoms. The Morgan fingerprint density at radius 1 is 1.65 bits per heavy atom. The molecule has 0 unspecified atom stereocenters. The lowest BCUT2D eigenvalue weighted by atomic mass is 9.92. The molecule has 2 aromatic rings. The molecule has 0 aliphatic carbocycles. The van der Waals surface area contributed by atoms with Crippen molar-refractivity contribution in [2.24, 2.45) is 5.92 Å². The van der Waals surface area contributed by atoms with Gasteiger partial charge in [-0.3, -0.25) is 4.79 Å². The molecule has 0 bridgehead atoms. The zero-order chi connectivity index (χ0) is 19.9. The number of anilines is 1. The number of aliphatic hydroxyl groups excluding tert-OH is 2. The lowest BCUT2D eigenvalue weighted by Gasteiger charge is -2.24. The second-order valence-corrected chi connectivity index (χ2v) is 6.30. The maximum absolute atomic E-state index is 11.7. The zero-order valence-corrected chi connectivity index (χ0v) is 14.2. The number of esters is 1. The van der Waals surface area contributed by atoms with Crippen molar-refractivity contribution in [3.05, 3.63) is 24.1 Å². The van der Waals surface area contributed by atoms with E-state index in [0.29, 0.717) is 0 Å². The molecule has 1 saturated heterocycles. The molecule has 0 radical (unpaired) electrons. The summed E-state index contributed by atoms with van der Waals surface area (Å²) in [7, 11) is 0. The van der Waals surface area contributed by atoms with Crippen molar-refractivity contribution in [3.63, 3.8) is 0 Å². The SMILES string of the molecule is [2H]c1cc([C@]2(C#N)O[C@H](COC(=O)C(C)C)[C@@H](O)[C@H]2O)n2ncnc(N)c12. The summed E-state index contributed by atoms with van der Waals surface area (Å²) in [5, 5.41) is 34.7. The molecule has 138 valence electrons. The summed E-state index contributed by atoms with van der Waals surface area (Å²) >= 11 is 0. The first-order chi connectivity index (χ1) is 12.7. The molecular formula is C16H19N5O5. The summed E-state index contributed by atoms with van der Waals surface area (Å²) in [6.45, 7) is 2.96. The monoisotopic (exact) mass is 362 g/mol. The van der Waals surface area contributed by atoms with Crippen molar-refractivity contribution in [2.75, 3.05) is 12.3 Å². The Bertz CT molecular complexity index is 926. The number of hydrogen-bond acceptors (Lipinski definition) is 9. The predicted molar refractivity (Wildman–Crippen MR) is 87.4 cm³/mol. The maximum Gasteiger partial charge on any atom is 0.308 e. The molecule has 26 heavy (non-hydrogen) atoms. The van der Waals surface area contributed by atoms with Gasteiger partial charge in [0.1, 0.15) is 42.8 Å². The van der Waals surface area contributed by atoms with Crippen LogP contribution in [-0.4, -0.2) is 55.7 Å². The average Bonchev–Trinajstić information content (AvgIpc) is 3.10. The third kappa shape index (κ3) is 2.66. The predicted octanol–water partition coefficient (Wildman–Crippen LogP) is -0.650. The second-order valence-electron chi connectivity index (χ2n) is 6.30. The number of nitrogens with zero attached hydrogens (tertiary/aromatic N) is 4. The van der Waals surface area contributed by atoms with E-state index in [0.717, 1.165) is 6.33 Å². The topological polar surface area (TPSA) is 156 Å². The number of carbonyl (C=O) groups is 1. The molecule has 0 aromatic carbocycles. The summed E-state index contributed by atoms with van der Waals surface area (Å²) in [6.07, 6.45) is -3.17. The van der Waals surface area contributed by atoms with E-state index in [1.165, 1.54) is 10.6 Å². The molecule has 4 atom stereocenters. The van der Waals surface area contributed by atoms with Crippen LogP contribution in [0.5, 0.6) is 0 Å². The van der Waals surface area contributed by atoms with Gasteiger partial charge in [-0.25, -0.2) is 9.50 Å². The molecule has 0 saturated carbocycles. The van der Waals surface area contributed by atoms with Crippen LogP contribution in [0.3, 0.4) is 0 Å². The number of fused-ring (bicyclic) bond motifs is 1. The fraction of sp³-hybridized carbons (Fsp3) is 0.500. The number of ether oxygens (including phenoxy) is 2. The van der Waals surface area contributed by atoms with Crippen molar-refractivity contribution < 1.29 is 25.9 Å². The Morgan fingerprint density at radius 3 is 3.04 bits per heavy atom. The van der Waals surface area contributed by atoms with E-state index in [4.69, 9.17) is 16.6 Å². The van der Waals surface area contributed by atoms with Crippen LogP contribution in [0.25, 0.3) is 5.52 Å². The van der Waals surface area contributed by atoms with E-state index in [1.807, 2.05) is 6.07 Å². The van der Waals surface area contributed by atoms with Gasteiger partial charge in [-0.05, 0) is 12.1 Å². The first-order valence-electron chi connectivity index (χ1n) is 8.44. The van der Waals surface area contributed by atoms with Gasteiger partial charge in [0.05, 0.1) is 13.0 Å². The van der Waals surface area contributed by atoms with Crippen LogP contribution < -0.4 is 5.73 Å². The van der Waals surface area contributed by atoms with Crippen LogP contribution >= 0.6 is 0 Å². The first kappa shape index (κ1) is 16.7.